The average molecular weight is 337 g/mol. The van der Waals surface area contributed by atoms with Gasteiger partial charge in [-0.2, -0.15) is 0 Å². The fourth-order valence-corrected chi connectivity index (χ4v) is 2.20. The van der Waals surface area contributed by atoms with E-state index in [-0.39, 0.29) is 11.1 Å². The van der Waals surface area contributed by atoms with Crippen LogP contribution in [-0.4, -0.2) is 24.2 Å². The summed E-state index contributed by atoms with van der Waals surface area (Å²) >= 11 is 6.08. The predicted octanol–water partition coefficient (Wildman–Crippen LogP) is 3.46. The Kier molecular flexibility index (Phi) is 5.50. The number of ether oxygens (including phenoxy) is 2. The zero-order valence-electron chi connectivity index (χ0n) is 13.7. The van der Waals surface area contributed by atoms with Crippen molar-refractivity contribution in [3.05, 3.63) is 34.7 Å². The third kappa shape index (κ3) is 3.96. The van der Waals surface area contributed by atoms with Crippen molar-refractivity contribution in [3.8, 4) is 11.5 Å². The number of hydrogen-bond donors (Lipinski definition) is 2. The second-order valence-electron chi connectivity index (χ2n) is 5.33. The molecule has 2 rings (SSSR count). The Balaban J connectivity index is 2.21. The van der Waals surface area contributed by atoms with Crippen LogP contribution in [0.15, 0.2) is 18.2 Å². The van der Waals surface area contributed by atoms with E-state index in [9.17, 15) is 0 Å². The lowest BCUT2D eigenvalue weighted by atomic mass is 10.2. The van der Waals surface area contributed by atoms with E-state index in [2.05, 4.69) is 15.3 Å². The van der Waals surface area contributed by atoms with Gasteiger partial charge < -0.3 is 20.5 Å². The minimum Gasteiger partial charge on any atom is -0.493 e. The maximum absolute atomic E-state index is 6.08. The van der Waals surface area contributed by atoms with Crippen molar-refractivity contribution >= 4 is 23.1 Å². The second kappa shape index (κ2) is 7.37. The number of hydrogen-bond acceptors (Lipinski definition) is 6. The summed E-state index contributed by atoms with van der Waals surface area (Å²) in [4.78, 5) is 8.63. The first-order valence-corrected chi connectivity index (χ1v) is 7.61. The Morgan fingerprint density at radius 3 is 2.48 bits per heavy atom. The van der Waals surface area contributed by atoms with E-state index in [1.165, 1.54) is 0 Å². The SMILES string of the molecule is COc1ccc(CNc2nc(C(C)C)nc(Cl)c2N)cc1OC. The van der Waals surface area contributed by atoms with Crippen molar-refractivity contribution < 1.29 is 9.47 Å². The number of anilines is 2. The first-order valence-electron chi connectivity index (χ1n) is 7.24. The molecular weight excluding hydrogens is 316 g/mol. The highest BCUT2D eigenvalue weighted by Crippen LogP contribution is 2.29. The quantitative estimate of drug-likeness (QED) is 0.786. The Hall–Kier alpha value is -2.21. The van der Waals surface area contributed by atoms with Gasteiger partial charge in [-0.15, -0.1) is 0 Å². The molecule has 0 aliphatic rings. The molecule has 0 aliphatic carbocycles. The number of rotatable bonds is 6. The molecule has 0 bridgehead atoms. The number of nitrogens with one attached hydrogen (secondary N) is 1. The van der Waals surface area contributed by atoms with E-state index in [1.54, 1.807) is 14.2 Å². The van der Waals surface area contributed by atoms with Crippen LogP contribution in [0.25, 0.3) is 0 Å². The summed E-state index contributed by atoms with van der Waals surface area (Å²) in [6.07, 6.45) is 0. The van der Waals surface area contributed by atoms with Gasteiger partial charge in [0.2, 0.25) is 0 Å². The molecule has 7 heteroatoms. The Morgan fingerprint density at radius 1 is 1.17 bits per heavy atom. The van der Waals surface area contributed by atoms with Gasteiger partial charge in [-0.1, -0.05) is 31.5 Å². The molecule has 0 unspecified atom stereocenters. The maximum atomic E-state index is 6.08. The lowest BCUT2D eigenvalue weighted by molar-refractivity contribution is 0.354. The van der Waals surface area contributed by atoms with Crippen LogP contribution in [0, 0.1) is 0 Å². The lowest BCUT2D eigenvalue weighted by Crippen LogP contribution is -2.09. The van der Waals surface area contributed by atoms with Crippen LogP contribution in [0.1, 0.15) is 31.2 Å². The molecule has 0 atom stereocenters. The maximum Gasteiger partial charge on any atom is 0.161 e. The summed E-state index contributed by atoms with van der Waals surface area (Å²) in [6, 6.07) is 5.69. The van der Waals surface area contributed by atoms with E-state index in [1.807, 2.05) is 32.0 Å². The summed E-state index contributed by atoms with van der Waals surface area (Å²) in [7, 11) is 3.21. The van der Waals surface area contributed by atoms with Crippen LogP contribution in [0.5, 0.6) is 11.5 Å². The normalized spacial score (nSPS) is 10.7. The van der Waals surface area contributed by atoms with E-state index >= 15 is 0 Å². The van der Waals surface area contributed by atoms with Crippen molar-refractivity contribution in [1.82, 2.24) is 9.97 Å². The fraction of sp³-hybridized carbons (Fsp3) is 0.375. The highest BCUT2D eigenvalue weighted by molar-refractivity contribution is 6.32. The Labute approximate surface area is 141 Å². The van der Waals surface area contributed by atoms with Gasteiger partial charge >= 0.3 is 0 Å². The number of aromatic nitrogens is 2. The number of benzene rings is 1. The number of nitrogens with two attached hydrogens (primary N) is 1. The standard InChI is InChI=1S/C16H21ClN4O2/c1-9(2)15-20-14(17)13(18)16(21-15)19-8-10-5-6-11(22-3)12(7-10)23-4/h5-7,9H,8,18H2,1-4H3,(H,19,20,21). The third-order valence-corrected chi connectivity index (χ3v) is 3.63. The Bertz CT molecular complexity index is 692. The van der Waals surface area contributed by atoms with Crippen LogP contribution in [0.3, 0.4) is 0 Å². The van der Waals surface area contributed by atoms with E-state index in [0.29, 0.717) is 35.4 Å². The van der Waals surface area contributed by atoms with Crippen LogP contribution >= 0.6 is 11.6 Å². The molecule has 1 aromatic heterocycles. The van der Waals surface area contributed by atoms with Crippen molar-refractivity contribution in [2.24, 2.45) is 0 Å². The number of halogens is 1. The summed E-state index contributed by atoms with van der Waals surface area (Å²) in [6.45, 7) is 4.52. The highest BCUT2D eigenvalue weighted by atomic mass is 35.5. The molecule has 3 N–H and O–H groups in total. The van der Waals surface area contributed by atoms with Crippen LogP contribution in [-0.2, 0) is 6.54 Å². The van der Waals surface area contributed by atoms with Gasteiger partial charge in [0.15, 0.2) is 22.5 Å². The number of nitrogen functional groups attached to an aromatic ring is 1. The molecule has 0 amide bonds. The van der Waals surface area contributed by atoms with E-state index in [0.717, 1.165) is 5.56 Å². The molecule has 0 aliphatic heterocycles. The molecule has 1 aromatic carbocycles. The van der Waals surface area contributed by atoms with Crippen LogP contribution < -0.4 is 20.5 Å². The molecule has 6 nitrogen and oxygen atoms in total. The molecule has 0 fully saturated rings. The molecular formula is C16H21ClN4O2. The zero-order chi connectivity index (χ0) is 17.0. The average Bonchev–Trinajstić information content (AvgIpc) is 2.55. The molecule has 0 spiro atoms. The van der Waals surface area contributed by atoms with Crippen molar-refractivity contribution in [1.29, 1.82) is 0 Å². The number of nitrogens with zero attached hydrogens (tertiary/aromatic N) is 2. The largest absolute Gasteiger partial charge is 0.493 e. The molecule has 23 heavy (non-hydrogen) atoms. The molecule has 124 valence electrons. The Morgan fingerprint density at radius 2 is 1.87 bits per heavy atom. The second-order valence-corrected chi connectivity index (χ2v) is 5.69. The van der Waals surface area contributed by atoms with Gasteiger partial charge in [-0.05, 0) is 17.7 Å². The van der Waals surface area contributed by atoms with E-state index < -0.39 is 0 Å². The van der Waals surface area contributed by atoms with Crippen LogP contribution in [0.2, 0.25) is 5.15 Å². The molecule has 0 radical (unpaired) electrons. The minimum absolute atomic E-state index is 0.162. The smallest absolute Gasteiger partial charge is 0.161 e. The molecule has 0 saturated heterocycles. The van der Waals surface area contributed by atoms with Gasteiger partial charge in [0, 0.05) is 12.5 Å². The van der Waals surface area contributed by atoms with Gasteiger partial charge in [0.1, 0.15) is 11.5 Å². The monoisotopic (exact) mass is 336 g/mol. The zero-order valence-corrected chi connectivity index (χ0v) is 14.4. The van der Waals surface area contributed by atoms with Gasteiger partial charge in [0.05, 0.1) is 14.2 Å². The third-order valence-electron chi connectivity index (χ3n) is 3.34. The predicted molar refractivity (Wildman–Crippen MR) is 92.4 cm³/mol. The van der Waals surface area contributed by atoms with E-state index in [4.69, 9.17) is 26.8 Å². The first-order chi connectivity index (χ1) is 11.0. The van der Waals surface area contributed by atoms with Gasteiger partial charge in [-0.25, -0.2) is 9.97 Å². The van der Waals surface area contributed by atoms with Crippen LogP contribution in [0.4, 0.5) is 11.5 Å². The molecule has 2 aromatic rings. The number of methoxy groups -OCH3 is 2. The highest BCUT2D eigenvalue weighted by Gasteiger charge is 2.13. The first kappa shape index (κ1) is 17.1. The summed E-state index contributed by atoms with van der Waals surface area (Å²) < 4.78 is 10.5. The summed E-state index contributed by atoms with van der Waals surface area (Å²) in [5, 5.41) is 3.46. The van der Waals surface area contributed by atoms with Gasteiger partial charge in [-0.3, -0.25) is 0 Å². The van der Waals surface area contributed by atoms with Crippen molar-refractivity contribution in [2.45, 2.75) is 26.3 Å². The summed E-state index contributed by atoms with van der Waals surface area (Å²) in [5.74, 6) is 2.70. The topological polar surface area (TPSA) is 82.3 Å². The van der Waals surface area contributed by atoms with Gasteiger partial charge in [0.25, 0.3) is 0 Å². The fourth-order valence-electron chi connectivity index (χ4n) is 2.03. The van der Waals surface area contributed by atoms with Crippen molar-refractivity contribution in [2.75, 3.05) is 25.3 Å². The summed E-state index contributed by atoms with van der Waals surface area (Å²) in [5.41, 5.74) is 7.30. The minimum atomic E-state index is 0.162. The molecule has 0 saturated carbocycles. The molecule has 1 heterocycles. The van der Waals surface area contributed by atoms with Crippen molar-refractivity contribution in [3.63, 3.8) is 0 Å². The lowest BCUT2D eigenvalue weighted by Gasteiger charge is -2.14.